The van der Waals surface area contributed by atoms with E-state index in [1.54, 1.807) is 20.8 Å². The summed E-state index contributed by atoms with van der Waals surface area (Å²) >= 11 is 0. The number of anilines is 1. The maximum atomic E-state index is 13.9. The molecule has 0 fully saturated rings. The Bertz CT molecular complexity index is 418. The van der Waals surface area contributed by atoms with Gasteiger partial charge in [-0.2, -0.15) is 0 Å². The van der Waals surface area contributed by atoms with Crippen LogP contribution in [0.1, 0.15) is 31.1 Å². The van der Waals surface area contributed by atoms with Crippen molar-refractivity contribution >= 4 is 11.7 Å². The molecule has 1 aromatic carbocycles. The number of carbonyl (C=O) groups excluding carboxylic acids is 1. The molecule has 0 radical (unpaired) electrons. The van der Waals surface area contributed by atoms with Gasteiger partial charge >= 0.3 is 5.97 Å². The largest absolute Gasteiger partial charge is 0.491 e. The van der Waals surface area contributed by atoms with Crippen LogP contribution in [-0.4, -0.2) is 18.7 Å². The Labute approximate surface area is 99.5 Å². The molecule has 0 unspecified atom stereocenters. The summed E-state index contributed by atoms with van der Waals surface area (Å²) in [6, 6.07) is 2.81. The van der Waals surface area contributed by atoms with Crippen LogP contribution < -0.4 is 10.5 Å². The first-order valence-corrected chi connectivity index (χ1v) is 5.39. The second-order valence-corrected chi connectivity index (χ2v) is 3.73. The summed E-state index contributed by atoms with van der Waals surface area (Å²) in [5.41, 5.74) is 5.33. The van der Waals surface area contributed by atoms with Gasteiger partial charge in [-0.1, -0.05) is 0 Å². The molecule has 2 N–H and O–H groups in total. The van der Waals surface area contributed by atoms with Crippen LogP contribution in [0.2, 0.25) is 0 Å². The Morgan fingerprint density at radius 1 is 1.47 bits per heavy atom. The van der Waals surface area contributed by atoms with E-state index >= 15 is 0 Å². The zero-order valence-electron chi connectivity index (χ0n) is 10.1. The molecular formula is C12H16FNO3. The molecule has 0 aliphatic heterocycles. The number of ether oxygens (including phenoxy) is 2. The molecule has 17 heavy (non-hydrogen) atoms. The first kappa shape index (κ1) is 13.3. The highest BCUT2D eigenvalue weighted by Crippen LogP contribution is 2.26. The highest BCUT2D eigenvalue weighted by atomic mass is 19.1. The molecule has 1 rings (SSSR count). The van der Waals surface area contributed by atoms with Gasteiger partial charge in [0.25, 0.3) is 0 Å². The maximum absolute atomic E-state index is 13.9. The minimum Gasteiger partial charge on any atom is -0.491 e. The van der Waals surface area contributed by atoms with Crippen molar-refractivity contribution in [3.05, 3.63) is 23.5 Å². The second kappa shape index (κ2) is 5.52. The van der Waals surface area contributed by atoms with Crippen molar-refractivity contribution in [1.29, 1.82) is 0 Å². The number of rotatable bonds is 4. The zero-order valence-corrected chi connectivity index (χ0v) is 10.1. The van der Waals surface area contributed by atoms with Crippen molar-refractivity contribution in [2.24, 2.45) is 0 Å². The van der Waals surface area contributed by atoms with Gasteiger partial charge in [-0.05, 0) is 32.9 Å². The molecule has 4 nitrogen and oxygen atoms in total. The average Bonchev–Trinajstić information content (AvgIpc) is 2.21. The van der Waals surface area contributed by atoms with E-state index in [-0.39, 0.29) is 23.1 Å². The van der Waals surface area contributed by atoms with Gasteiger partial charge in [0.15, 0.2) is 11.6 Å². The van der Waals surface area contributed by atoms with E-state index in [0.29, 0.717) is 6.61 Å². The lowest BCUT2D eigenvalue weighted by atomic mass is 10.1. The van der Waals surface area contributed by atoms with Gasteiger partial charge in [-0.25, -0.2) is 9.18 Å². The van der Waals surface area contributed by atoms with Gasteiger partial charge in [0.2, 0.25) is 0 Å². The van der Waals surface area contributed by atoms with E-state index in [1.165, 1.54) is 12.1 Å². The molecular weight excluding hydrogens is 225 g/mol. The molecule has 0 atom stereocenters. The smallest absolute Gasteiger partial charge is 0.343 e. The molecule has 0 aliphatic carbocycles. The third-order valence-corrected chi connectivity index (χ3v) is 1.99. The molecule has 0 aliphatic rings. The van der Waals surface area contributed by atoms with Crippen LogP contribution in [0.5, 0.6) is 5.75 Å². The lowest BCUT2D eigenvalue weighted by Gasteiger charge is -2.12. The highest BCUT2D eigenvalue weighted by molar-refractivity contribution is 5.96. The van der Waals surface area contributed by atoms with Gasteiger partial charge in [-0.3, -0.25) is 0 Å². The van der Waals surface area contributed by atoms with E-state index in [4.69, 9.17) is 15.2 Å². The number of esters is 1. The minimum absolute atomic E-state index is 0.00240. The molecule has 0 heterocycles. The SMILES string of the molecule is CCOc1ccc(N)c(C(=O)OC(C)C)c1F. The topological polar surface area (TPSA) is 61.5 Å². The number of hydrogen-bond donors (Lipinski definition) is 1. The Morgan fingerprint density at radius 2 is 2.12 bits per heavy atom. The van der Waals surface area contributed by atoms with Gasteiger partial charge in [0.05, 0.1) is 12.7 Å². The monoisotopic (exact) mass is 241 g/mol. The fourth-order valence-electron chi connectivity index (χ4n) is 1.32. The summed E-state index contributed by atoms with van der Waals surface area (Å²) in [5.74, 6) is -1.56. The third-order valence-electron chi connectivity index (χ3n) is 1.99. The number of benzene rings is 1. The van der Waals surface area contributed by atoms with E-state index in [1.807, 2.05) is 0 Å². The van der Waals surface area contributed by atoms with Crippen molar-refractivity contribution < 1.29 is 18.7 Å². The average molecular weight is 241 g/mol. The van der Waals surface area contributed by atoms with Crippen molar-refractivity contribution in [2.75, 3.05) is 12.3 Å². The Balaban J connectivity index is 3.13. The second-order valence-electron chi connectivity index (χ2n) is 3.73. The van der Waals surface area contributed by atoms with Crippen molar-refractivity contribution in [1.82, 2.24) is 0 Å². The van der Waals surface area contributed by atoms with Crippen LogP contribution in [0.3, 0.4) is 0 Å². The number of carbonyl (C=O) groups is 1. The van der Waals surface area contributed by atoms with Crippen molar-refractivity contribution in [3.8, 4) is 5.75 Å². The molecule has 1 aromatic rings. The third kappa shape index (κ3) is 3.09. The van der Waals surface area contributed by atoms with Crippen LogP contribution in [-0.2, 0) is 4.74 Å². The lowest BCUT2D eigenvalue weighted by molar-refractivity contribution is 0.0373. The van der Waals surface area contributed by atoms with Gasteiger partial charge in [-0.15, -0.1) is 0 Å². The van der Waals surface area contributed by atoms with E-state index in [9.17, 15) is 9.18 Å². The molecule has 0 amide bonds. The quantitative estimate of drug-likeness (QED) is 0.649. The molecule has 0 aromatic heterocycles. The first-order valence-electron chi connectivity index (χ1n) is 5.39. The maximum Gasteiger partial charge on any atom is 0.343 e. The Morgan fingerprint density at radius 3 is 2.65 bits per heavy atom. The molecule has 0 saturated heterocycles. The summed E-state index contributed by atoms with van der Waals surface area (Å²) < 4.78 is 23.9. The minimum atomic E-state index is -0.781. The van der Waals surface area contributed by atoms with Crippen LogP contribution in [0.15, 0.2) is 12.1 Å². The molecule has 0 saturated carbocycles. The highest BCUT2D eigenvalue weighted by Gasteiger charge is 2.21. The Hall–Kier alpha value is -1.78. The first-order chi connectivity index (χ1) is 7.97. The number of nitrogens with two attached hydrogens (primary N) is 1. The van der Waals surface area contributed by atoms with Gasteiger partial charge < -0.3 is 15.2 Å². The summed E-state index contributed by atoms with van der Waals surface area (Å²) in [4.78, 5) is 11.7. The normalized spacial score (nSPS) is 10.4. The number of nitrogen functional groups attached to an aromatic ring is 1. The summed E-state index contributed by atoms with van der Waals surface area (Å²) in [6.45, 7) is 5.39. The summed E-state index contributed by atoms with van der Waals surface area (Å²) in [6.07, 6.45) is -0.336. The fourth-order valence-corrected chi connectivity index (χ4v) is 1.32. The van der Waals surface area contributed by atoms with Crippen molar-refractivity contribution in [3.63, 3.8) is 0 Å². The summed E-state index contributed by atoms with van der Waals surface area (Å²) in [7, 11) is 0. The van der Waals surface area contributed by atoms with Crippen LogP contribution >= 0.6 is 0 Å². The van der Waals surface area contributed by atoms with Crippen LogP contribution in [0, 0.1) is 5.82 Å². The fraction of sp³-hybridized carbons (Fsp3) is 0.417. The molecule has 5 heteroatoms. The molecule has 94 valence electrons. The molecule has 0 bridgehead atoms. The lowest BCUT2D eigenvalue weighted by Crippen LogP contribution is -2.15. The van der Waals surface area contributed by atoms with E-state index in [0.717, 1.165) is 0 Å². The van der Waals surface area contributed by atoms with Crippen LogP contribution in [0.4, 0.5) is 10.1 Å². The van der Waals surface area contributed by atoms with Crippen LogP contribution in [0.25, 0.3) is 0 Å². The number of hydrogen-bond acceptors (Lipinski definition) is 4. The van der Waals surface area contributed by atoms with E-state index < -0.39 is 11.8 Å². The van der Waals surface area contributed by atoms with Crippen molar-refractivity contribution in [2.45, 2.75) is 26.9 Å². The predicted octanol–water partition coefficient (Wildman–Crippen LogP) is 2.37. The predicted molar refractivity (Wildman–Crippen MR) is 62.5 cm³/mol. The Kier molecular flexibility index (Phi) is 4.31. The zero-order chi connectivity index (χ0) is 13.0. The van der Waals surface area contributed by atoms with Gasteiger partial charge in [0.1, 0.15) is 5.56 Å². The standard InChI is InChI=1S/C12H16FNO3/c1-4-16-9-6-5-8(14)10(11(9)13)12(15)17-7(2)3/h5-7H,4,14H2,1-3H3. The number of halogens is 1. The van der Waals surface area contributed by atoms with E-state index in [2.05, 4.69) is 0 Å². The molecule has 0 spiro atoms. The van der Waals surface area contributed by atoms with Gasteiger partial charge in [0, 0.05) is 5.69 Å². The summed E-state index contributed by atoms with van der Waals surface area (Å²) in [5, 5.41) is 0.